The number of aromatic amines is 1. The van der Waals surface area contributed by atoms with Gasteiger partial charge >= 0.3 is 0 Å². The Morgan fingerprint density at radius 3 is 2.76 bits per heavy atom. The average molecular weight is 418 g/mol. The van der Waals surface area contributed by atoms with Crippen molar-refractivity contribution in [2.75, 3.05) is 39.4 Å². The third-order valence-corrected chi connectivity index (χ3v) is 6.76. The maximum Gasteiger partial charge on any atom is 0.257 e. The molecule has 1 atom stereocenters. The van der Waals surface area contributed by atoms with Crippen LogP contribution in [0.1, 0.15) is 50.4 Å². The molecule has 2 aliphatic rings. The van der Waals surface area contributed by atoms with Crippen molar-refractivity contribution >= 4 is 23.2 Å². The first-order valence-electron chi connectivity index (χ1n) is 10.1. The largest absolute Gasteiger partial charge is 0.378 e. The molecular weight excluding hydrogens is 390 g/mol. The number of aryl methyl sites for hydroxylation is 2. The molecular formula is C20H27N5O3S. The number of nitrogens with zero attached hydrogens (tertiary/aromatic N) is 4. The number of hydrogen-bond donors (Lipinski definition) is 1. The highest BCUT2D eigenvalue weighted by Gasteiger charge is 2.31. The Kier molecular flexibility index (Phi) is 5.96. The fraction of sp³-hybridized carbons (Fsp3) is 0.600. The van der Waals surface area contributed by atoms with Crippen LogP contribution in [-0.2, 0) is 16.0 Å². The van der Waals surface area contributed by atoms with E-state index in [2.05, 4.69) is 15.2 Å². The van der Waals surface area contributed by atoms with Crippen molar-refractivity contribution in [2.45, 2.75) is 39.0 Å². The number of piperidine rings is 1. The zero-order valence-electron chi connectivity index (χ0n) is 16.9. The minimum absolute atomic E-state index is 0.00346. The summed E-state index contributed by atoms with van der Waals surface area (Å²) in [5.74, 6) is 0.220. The van der Waals surface area contributed by atoms with Crippen LogP contribution < -0.4 is 0 Å². The molecule has 0 bridgehead atoms. The molecule has 0 unspecified atom stereocenters. The molecule has 2 aromatic rings. The van der Waals surface area contributed by atoms with Crippen molar-refractivity contribution in [2.24, 2.45) is 0 Å². The minimum atomic E-state index is -0.00346. The summed E-state index contributed by atoms with van der Waals surface area (Å²) in [5, 5.41) is 8.19. The summed E-state index contributed by atoms with van der Waals surface area (Å²) in [6.07, 6.45) is 3.87. The van der Waals surface area contributed by atoms with E-state index in [0.717, 1.165) is 40.7 Å². The molecule has 2 fully saturated rings. The Morgan fingerprint density at radius 2 is 2.03 bits per heavy atom. The Bertz CT molecular complexity index is 887. The summed E-state index contributed by atoms with van der Waals surface area (Å²) in [6.45, 7) is 7.64. The summed E-state index contributed by atoms with van der Waals surface area (Å²) in [4.78, 5) is 35.1. The van der Waals surface area contributed by atoms with Crippen LogP contribution in [0.4, 0.5) is 0 Å². The molecule has 9 heteroatoms. The van der Waals surface area contributed by atoms with E-state index in [1.54, 1.807) is 17.5 Å². The number of carbonyl (C=O) groups excluding carboxylic acids is 2. The van der Waals surface area contributed by atoms with Crippen LogP contribution in [0.5, 0.6) is 0 Å². The average Bonchev–Trinajstić information content (AvgIpc) is 3.34. The number of rotatable bonds is 4. The van der Waals surface area contributed by atoms with E-state index >= 15 is 0 Å². The lowest BCUT2D eigenvalue weighted by atomic mass is 9.92. The molecule has 29 heavy (non-hydrogen) atoms. The van der Waals surface area contributed by atoms with Gasteiger partial charge < -0.3 is 14.5 Å². The second-order valence-electron chi connectivity index (χ2n) is 7.70. The van der Waals surface area contributed by atoms with E-state index in [-0.39, 0.29) is 17.7 Å². The molecule has 1 N–H and O–H groups in total. The van der Waals surface area contributed by atoms with Gasteiger partial charge in [0.05, 0.1) is 47.8 Å². The predicted octanol–water partition coefficient (Wildman–Crippen LogP) is 1.90. The number of likely N-dealkylation sites (tertiary alicyclic amines) is 1. The molecule has 4 rings (SSSR count). The second kappa shape index (κ2) is 8.62. The SMILES string of the molecule is Cc1nc(C)c(CC(=O)N2CCC[C@@H](c3[nH]ncc3C(=O)N3CCOCC3)C2)s1. The van der Waals surface area contributed by atoms with E-state index in [0.29, 0.717) is 44.8 Å². The minimum Gasteiger partial charge on any atom is -0.378 e. The van der Waals surface area contributed by atoms with Crippen LogP contribution in [0.2, 0.25) is 0 Å². The lowest BCUT2D eigenvalue weighted by Crippen LogP contribution is -2.42. The molecule has 2 amide bonds. The molecule has 0 radical (unpaired) electrons. The van der Waals surface area contributed by atoms with Gasteiger partial charge in [0, 0.05) is 37.0 Å². The highest BCUT2D eigenvalue weighted by molar-refractivity contribution is 7.11. The summed E-state index contributed by atoms with van der Waals surface area (Å²) in [6, 6.07) is 0. The number of amides is 2. The highest BCUT2D eigenvalue weighted by Crippen LogP contribution is 2.29. The van der Waals surface area contributed by atoms with Crippen LogP contribution in [0, 0.1) is 13.8 Å². The summed E-state index contributed by atoms with van der Waals surface area (Å²) < 4.78 is 5.35. The number of carbonyl (C=O) groups is 2. The standard InChI is InChI=1S/C20H27N5O3S/c1-13-17(29-14(2)22-13)10-18(26)25-5-3-4-15(12-25)19-16(11-21-23-19)20(27)24-6-8-28-9-7-24/h11,15H,3-10,12H2,1-2H3,(H,21,23)/t15-/m1/s1. The van der Waals surface area contributed by atoms with E-state index in [4.69, 9.17) is 4.74 Å². The highest BCUT2D eigenvalue weighted by atomic mass is 32.1. The van der Waals surface area contributed by atoms with Crippen molar-refractivity contribution < 1.29 is 14.3 Å². The number of ether oxygens (including phenoxy) is 1. The molecule has 0 aliphatic carbocycles. The van der Waals surface area contributed by atoms with E-state index in [9.17, 15) is 9.59 Å². The van der Waals surface area contributed by atoms with E-state index in [1.165, 1.54) is 0 Å². The molecule has 156 valence electrons. The third-order valence-electron chi connectivity index (χ3n) is 5.69. The Labute approximate surface area is 174 Å². The van der Waals surface area contributed by atoms with Gasteiger partial charge in [0.2, 0.25) is 5.91 Å². The van der Waals surface area contributed by atoms with Crippen LogP contribution >= 0.6 is 11.3 Å². The summed E-state index contributed by atoms with van der Waals surface area (Å²) in [5.41, 5.74) is 2.42. The van der Waals surface area contributed by atoms with Gasteiger partial charge in [0.1, 0.15) is 0 Å². The molecule has 0 aromatic carbocycles. The first kappa shape index (κ1) is 20.0. The van der Waals surface area contributed by atoms with Gasteiger partial charge in [-0.25, -0.2) is 4.98 Å². The van der Waals surface area contributed by atoms with Gasteiger partial charge in [-0.3, -0.25) is 14.7 Å². The molecule has 2 aliphatic heterocycles. The van der Waals surface area contributed by atoms with Gasteiger partial charge in [-0.2, -0.15) is 5.10 Å². The number of H-pyrrole nitrogens is 1. The number of nitrogens with one attached hydrogen (secondary N) is 1. The van der Waals surface area contributed by atoms with E-state index in [1.807, 2.05) is 23.6 Å². The summed E-state index contributed by atoms with van der Waals surface area (Å²) >= 11 is 1.59. The van der Waals surface area contributed by atoms with Gasteiger partial charge in [-0.05, 0) is 26.7 Å². The Hall–Kier alpha value is -2.26. The molecule has 0 spiro atoms. The monoisotopic (exact) mass is 417 g/mol. The predicted molar refractivity (Wildman–Crippen MR) is 109 cm³/mol. The van der Waals surface area contributed by atoms with Crippen LogP contribution in [-0.4, -0.2) is 76.2 Å². The van der Waals surface area contributed by atoms with Crippen molar-refractivity contribution in [1.82, 2.24) is 25.0 Å². The van der Waals surface area contributed by atoms with Gasteiger partial charge in [0.25, 0.3) is 5.91 Å². The fourth-order valence-corrected chi connectivity index (χ4v) is 5.07. The number of aromatic nitrogens is 3. The van der Waals surface area contributed by atoms with Gasteiger partial charge in [-0.15, -0.1) is 11.3 Å². The van der Waals surface area contributed by atoms with Crippen molar-refractivity contribution in [3.8, 4) is 0 Å². The third kappa shape index (κ3) is 4.35. The smallest absolute Gasteiger partial charge is 0.257 e. The zero-order chi connectivity index (χ0) is 20.4. The van der Waals surface area contributed by atoms with Gasteiger partial charge in [0.15, 0.2) is 0 Å². The Morgan fingerprint density at radius 1 is 1.24 bits per heavy atom. The molecule has 2 saturated heterocycles. The molecule has 8 nitrogen and oxygen atoms in total. The van der Waals surface area contributed by atoms with Crippen LogP contribution in [0.15, 0.2) is 6.20 Å². The fourth-order valence-electron chi connectivity index (χ4n) is 4.14. The van der Waals surface area contributed by atoms with Crippen LogP contribution in [0.25, 0.3) is 0 Å². The molecule has 2 aromatic heterocycles. The number of thiazole rings is 1. The van der Waals surface area contributed by atoms with Crippen molar-refractivity contribution in [3.05, 3.63) is 33.0 Å². The maximum atomic E-state index is 12.9. The molecule has 4 heterocycles. The van der Waals surface area contributed by atoms with E-state index < -0.39 is 0 Å². The zero-order valence-corrected chi connectivity index (χ0v) is 17.8. The van der Waals surface area contributed by atoms with Crippen molar-refractivity contribution in [3.63, 3.8) is 0 Å². The molecule has 0 saturated carbocycles. The first-order chi connectivity index (χ1) is 14.0. The normalized spacial score (nSPS) is 20.1. The second-order valence-corrected chi connectivity index (χ2v) is 8.99. The van der Waals surface area contributed by atoms with Gasteiger partial charge in [-0.1, -0.05) is 0 Å². The lowest BCUT2D eigenvalue weighted by molar-refractivity contribution is -0.131. The topological polar surface area (TPSA) is 91.4 Å². The summed E-state index contributed by atoms with van der Waals surface area (Å²) in [7, 11) is 0. The van der Waals surface area contributed by atoms with Crippen LogP contribution in [0.3, 0.4) is 0 Å². The maximum absolute atomic E-state index is 12.9. The van der Waals surface area contributed by atoms with Crippen molar-refractivity contribution in [1.29, 1.82) is 0 Å². The number of morpholine rings is 1. The lowest BCUT2D eigenvalue weighted by Gasteiger charge is -2.33. The number of hydrogen-bond acceptors (Lipinski definition) is 6. The Balaban J connectivity index is 1.45. The quantitative estimate of drug-likeness (QED) is 0.820. The first-order valence-corrected chi connectivity index (χ1v) is 11.0.